The maximum Gasteiger partial charge on any atom is 0.204 e. The second kappa shape index (κ2) is 8.84. The molecule has 0 amide bonds. The van der Waals surface area contributed by atoms with Crippen molar-refractivity contribution in [2.75, 3.05) is 35.5 Å². The number of methoxy groups -OCH3 is 5. The predicted molar refractivity (Wildman–Crippen MR) is 100 cm³/mol. The van der Waals surface area contributed by atoms with Crippen molar-refractivity contribution < 1.29 is 33.6 Å². The van der Waals surface area contributed by atoms with Crippen LogP contribution in [0.3, 0.4) is 0 Å². The molecule has 2 rings (SSSR count). The van der Waals surface area contributed by atoms with E-state index in [2.05, 4.69) is 0 Å². The Morgan fingerprint density at radius 2 is 1.44 bits per heavy atom. The molecule has 2 aromatic rings. The molecule has 27 heavy (non-hydrogen) atoms. The number of carbonyl (C=O) groups excluding carboxylic acids is 1. The van der Waals surface area contributed by atoms with Crippen molar-refractivity contribution in [1.82, 2.24) is 0 Å². The van der Waals surface area contributed by atoms with Gasteiger partial charge >= 0.3 is 0 Å². The zero-order valence-electron chi connectivity index (χ0n) is 15.9. The highest BCUT2D eigenvalue weighted by atomic mass is 16.5. The maximum atomic E-state index is 11.3. The number of hydrogen-bond donors (Lipinski definition) is 1. The normalized spacial score (nSPS) is 10.9. The zero-order valence-corrected chi connectivity index (χ0v) is 15.9. The predicted octanol–water partition coefficient (Wildman–Crippen LogP) is 3.07. The summed E-state index contributed by atoms with van der Waals surface area (Å²) >= 11 is 0. The van der Waals surface area contributed by atoms with E-state index in [1.165, 1.54) is 47.7 Å². The summed E-state index contributed by atoms with van der Waals surface area (Å²) in [6.07, 6.45) is 2.00. The Kier molecular flexibility index (Phi) is 6.54. The third kappa shape index (κ3) is 3.76. The molecule has 0 radical (unpaired) electrons. The fraction of sp³-hybridized carbons (Fsp3) is 0.250. The Bertz CT molecular complexity index is 856. The van der Waals surface area contributed by atoms with Crippen LogP contribution in [-0.4, -0.2) is 46.9 Å². The first-order valence-electron chi connectivity index (χ1n) is 7.96. The van der Waals surface area contributed by atoms with Crippen molar-refractivity contribution in [3.05, 3.63) is 41.5 Å². The third-order valence-electron chi connectivity index (χ3n) is 4.01. The third-order valence-corrected chi connectivity index (χ3v) is 4.01. The summed E-state index contributed by atoms with van der Waals surface area (Å²) < 4.78 is 26.9. The Labute approximate surface area is 157 Å². The summed E-state index contributed by atoms with van der Waals surface area (Å²) in [5, 5.41) is 10.1. The van der Waals surface area contributed by atoms with E-state index in [1.54, 1.807) is 18.2 Å². The van der Waals surface area contributed by atoms with Crippen molar-refractivity contribution >= 4 is 11.9 Å². The van der Waals surface area contributed by atoms with Gasteiger partial charge in [0.15, 0.2) is 23.0 Å². The number of aldehydes is 1. The summed E-state index contributed by atoms with van der Waals surface area (Å²) in [5.41, 5.74) is 1.51. The van der Waals surface area contributed by atoms with Crippen LogP contribution >= 0.6 is 0 Å². The molecular formula is C20H22O7. The number of phenolic OH excluding ortho intramolecular Hbond substituents is 1. The molecule has 7 nitrogen and oxygen atoms in total. The number of benzene rings is 2. The van der Waals surface area contributed by atoms with Gasteiger partial charge in [0.25, 0.3) is 0 Å². The van der Waals surface area contributed by atoms with Crippen LogP contribution < -0.4 is 23.7 Å². The molecule has 7 heteroatoms. The Morgan fingerprint density at radius 3 is 1.93 bits per heavy atom. The van der Waals surface area contributed by atoms with Crippen LogP contribution in [0.1, 0.15) is 11.1 Å². The smallest absolute Gasteiger partial charge is 0.204 e. The largest absolute Gasteiger partial charge is 0.504 e. The number of hydrogen-bond acceptors (Lipinski definition) is 7. The van der Waals surface area contributed by atoms with E-state index >= 15 is 0 Å². The molecular weight excluding hydrogens is 352 g/mol. The van der Waals surface area contributed by atoms with Crippen LogP contribution in [0.5, 0.6) is 34.5 Å². The van der Waals surface area contributed by atoms with E-state index in [-0.39, 0.29) is 5.75 Å². The molecule has 0 aliphatic carbocycles. The van der Waals surface area contributed by atoms with E-state index in [9.17, 15) is 9.90 Å². The first-order chi connectivity index (χ1) is 13.1. The molecule has 0 spiro atoms. The van der Waals surface area contributed by atoms with E-state index in [0.29, 0.717) is 51.7 Å². The van der Waals surface area contributed by atoms with Gasteiger partial charge in [0.05, 0.1) is 41.1 Å². The monoisotopic (exact) mass is 374 g/mol. The molecule has 0 atom stereocenters. The van der Waals surface area contributed by atoms with Crippen LogP contribution in [0, 0.1) is 0 Å². The van der Waals surface area contributed by atoms with Crippen LogP contribution in [0.25, 0.3) is 5.57 Å². The summed E-state index contributed by atoms with van der Waals surface area (Å²) in [4.78, 5) is 11.3. The lowest BCUT2D eigenvalue weighted by Gasteiger charge is -2.21. The Morgan fingerprint density at radius 1 is 0.815 bits per heavy atom. The molecule has 0 fully saturated rings. The fourth-order valence-electron chi connectivity index (χ4n) is 2.80. The lowest BCUT2D eigenvalue weighted by Crippen LogP contribution is -2.03. The van der Waals surface area contributed by atoms with Crippen LogP contribution in [-0.2, 0) is 4.79 Å². The van der Waals surface area contributed by atoms with Gasteiger partial charge in [-0.15, -0.1) is 0 Å². The fourth-order valence-corrected chi connectivity index (χ4v) is 2.80. The van der Waals surface area contributed by atoms with Gasteiger partial charge < -0.3 is 28.8 Å². The molecule has 0 unspecified atom stereocenters. The number of aromatic hydroxyl groups is 1. The minimum Gasteiger partial charge on any atom is -0.504 e. The quantitative estimate of drug-likeness (QED) is 0.561. The van der Waals surface area contributed by atoms with Gasteiger partial charge in [-0.25, -0.2) is 0 Å². The highest BCUT2D eigenvalue weighted by Crippen LogP contribution is 2.49. The second-order valence-electron chi connectivity index (χ2n) is 5.33. The first kappa shape index (κ1) is 20.0. The Balaban J connectivity index is 2.83. The zero-order chi connectivity index (χ0) is 20.0. The highest BCUT2D eigenvalue weighted by Gasteiger charge is 2.25. The van der Waals surface area contributed by atoms with Gasteiger partial charge in [-0.1, -0.05) is 6.07 Å². The number of ether oxygens (including phenoxy) is 5. The van der Waals surface area contributed by atoms with E-state index < -0.39 is 0 Å². The highest BCUT2D eigenvalue weighted by molar-refractivity contribution is 5.95. The first-order valence-corrected chi connectivity index (χ1v) is 7.96. The molecule has 0 heterocycles. The van der Waals surface area contributed by atoms with Crippen LogP contribution in [0.2, 0.25) is 0 Å². The summed E-state index contributed by atoms with van der Waals surface area (Å²) in [7, 11) is 7.41. The molecule has 144 valence electrons. The standard InChI is InChI=1S/C20H22O7/c1-23-15-7-6-12(10-14(15)22)13(8-9-21)18-16(24-2)11-17(25-3)19(26-4)20(18)27-5/h6-11,22H,1-5H3/b13-8-. The number of phenols is 1. The van der Waals surface area contributed by atoms with Gasteiger partial charge in [0.2, 0.25) is 5.75 Å². The van der Waals surface area contributed by atoms with Gasteiger partial charge in [0.1, 0.15) is 12.0 Å². The van der Waals surface area contributed by atoms with Gasteiger partial charge in [0, 0.05) is 6.07 Å². The van der Waals surface area contributed by atoms with Crippen LogP contribution in [0.4, 0.5) is 0 Å². The van der Waals surface area contributed by atoms with Crippen molar-refractivity contribution in [3.8, 4) is 34.5 Å². The molecule has 2 aromatic carbocycles. The Hall–Kier alpha value is -3.35. The van der Waals surface area contributed by atoms with Gasteiger partial charge in [-0.05, 0) is 29.3 Å². The SMILES string of the molecule is COc1ccc(/C(=C/C=O)c2c(OC)cc(OC)c(OC)c2OC)cc1O. The average molecular weight is 374 g/mol. The van der Waals surface area contributed by atoms with Crippen molar-refractivity contribution in [2.24, 2.45) is 0 Å². The van der Waals surface area contributed by atoms with E-state index in [1.807, 2.05) is 0 Å². The number of carbonyl (C=O) groups is 1. The summed E-state index contributed by atoms with van der Waals surface area (Å²) in [6, 6.07) is 6.44. The molecule has 0 bridgehead atoms. The van der Waals surface area contributed by atoms with E-state index in [4.69, 9.17) is 23.7 Å². The van der Waals surface area contributed by atoms with Crippen molar-refractivity contribution in [3.63, 3.8) is 0 Å². The molecule has 0 saturated carbocycles. The lowest BCUT2D eigenvalue weighted by atomic mass is 9.94. The average Bonchev–Trinajstić information content (AvgIpc) is 2.70. The van der Waals surface area contributed by atoms with Crippen LogP contribution in [0.15, 0.2) is 30.3 Å². The molecule has 0 saturated heterocycles. The number of rotatable bonds is 8. The molecule has 1 N–H and O–H groups in total. The molecule has 0 aliphatic rings. The minimum absolute atomic E-state index is 0.0646. The molecule has 0 aliphatic heterocycles. The van der Waals surface area contributed by atoms with Crippen molar-refractivity contribution in [2.45, 2.75) is 0 Å². The topological polar surface area (TPSA) is 83.5 Å². The minimum atomic E-state index is -0.0646. The molecule has 0 aromatic heterocycles. The van der Waals surface area contributed by atoms with E-state index in [0.717, 1.165) is 0 Å². The maximum absolute atomic E-state index is 11.3. The summed E-state index contributed by atoms with van der Waals surface area (Å²) in [5.74, 6) is 1.76. The lowest BCUT2D eigenvalue weighted by molar-refractivity contribution is -0.104. The van der Waals surface area contributed by atoms with Gasteiger partial charge in [-0.3, -0.25) is 4.79 Å². The van der Waals surface area contributed by atoms with Gasteiger partial charge in [-0.2, -0.15) is 0 Å². The number of allylic oxidation sites excluding steroid dienone is 1. The second-order valence-corrected chi connectivity index (χ2v) is 5.33. The summed E-state index contributed by atoms with van der Waals surface area (Å²) in [6.45, 7) is 0. The van der Waals surface area contributed by atoms with Crippen molar-refractivity contribution in [1.29, 1.82) is 0 Å².